The summed E-state index contributed by atoms with van der Waals surface area (Å²) in [6, 6.07) is 23.9. The molecule has 47 heavy (non-hydrogen) atoms. The number of fused-ring (bicyclic) bond motifs is 1. The van der Waals surface area contributed by atoms with Crippen LogP contribution in [0.15, 0.2) is 91.3 Å². The molecule has 1 aliphatic heterocycles. The number of likely N-dealkylation sites (N-methyl/N-ethyl adjacent to an activating group) is 1. The van der Waals surface area contributed by atoms with E-state index in [1.165, 1.54) is 12.1 Å². The van der Waals surface area contributed by atoms with Gasteiger partial charge in [-0.05, 0) is 85.8 Å². The molecule has 3 heterocycles. The molecule has 2 amide bonds. The second-order valence-electron chi connectivity index (χ2n) is 12.9. The molecule has 1 aliphatic rings. The highest BCUT2D eigenvalue weighted by Gasteiger charge is 2.36. The minimum absolute atomic E-state index is 0.0362. The van der Waals surface area contributed by atoms with Gasteiger partial charge in [0.05, 0.1) is 30.4 Å². The highest BCUT2D eigenvalue weighted by atomic mass is 19.1. The fourth-order valence-corrected chi connectivity index (χ4v) is 6.51. The lowest BCUT2D eigenvalue weighted by Gasteiger charge is -2.42. The first-order valence-electron chi connectivity index (χ1n) is 16.0. The van der Waals surface area contributed by atoms with Crippen molar-refractivity contribution in [2.75, 3.05) is 40.3 Å². The number of nitrogens with zero attached hydrogens (tertiary/aromatic N) is 3. The van der Waals surface area contributed by atoms with Crippen LogP contribution in [0.4, 0.5) is 4.39 Å². The highest BCUT2D eigenvalue weighted by Crippen LogP contribution is 2.39. The lowest BCUT2D eigenvalue weighted by molar-refractivity contribution is -0.133. The van der Waals surface area contributed by atoms with Crippen LogP contribution >= 0.6 is 0 Å². The number of H-pyrrole nitrogens is 1. The van der Waals surface area contributed by atoms with Crippen LogP contribution in [0.1, 0.15) is 24.0 Å². The van der Waals surface area contributed by atoms with Gasteiger partial charge in [-0.1, -0.05) is 48.5 Å². The number of phenols is 1. The zero-order valence-electron chi connectivity index (χ0n) is 26.8. The molecule has 9 heteroatoms. The molecule has 8 nitrogen and oxygen atoms in total. The van der Waals surface area contributed by atoms with E-state index in [0.717, 1.165) is 46.1 Å². The number of carbonyl (C=O) groups excluding carboxylic acids is 2. The number of rotatable bonds is 10. The van der Waals surface area contributed by atoms with Gasteiger partial charge in [-0.15, -0.1) is 0 Å². The smallest absolute Gasteiger partial charge is 0.234 e. The standard InChI is InChI=1S/C38H40FN5O3/c1-43(2)24-35(45)41-25-38(22-27-8-12-30(39)13-9-27)15-18-44(19-16-38)36(46)20-26-6-10-28(11-7-26)31-4-3-5-32(37(31)47)33-21-29-14-17-40-23-34(29)42-33/h3-14,17,21,23,42,47H,15-16,18-20,22,24-25H2,1-2H3,(H,41,45). The molecule has 0 unspecified atom stereocenters. The maximum absolute atomic E-state index is 13.6. The molecule has 0 spiro atoms. The number of likely N-dealkylation sites (tertiary alicyclic amines) is 1. The number of phenolic OH excluding ortho intramolecular Hbond substituents is 1. The summed E-state index contributed by atoms with van der Waals surface area (Å²) in [6.45, 7) is 1.99. The van der Waals surface area contributed by atoms with Crippen molar-refractivity contribution in [3.63, 3.8) is 0 Å². The summed E-state index contributed by atoms with van der Waals surface area (Å²) in [5.74, 6) is -0.0656. The first-order valence-corrected chi connectivity index (χ1v) is 16.0. The first kappa shape index (κ1) is 31.9. The number of benzene rings is 3. The van der Waals surface area contributed by atoms with Crippen LogP contribution in [0.3, 0.4) is 0 Å². The molecule has 0 bridgehead atoms. The van der Waals surface area contributed by atoms with E-state index in [1.54, 1.807) is 24.5 Å². The topological polar surface area (TPSA) is 102 Å². The lowest BCUT2D eigenvalue weighted by atomic mass is 9.73. The fourth-order valence-electron chi connectivity index (χ4n) is 6.51. The maximum Gasteiger partial charge on any atom is 0.234 e. The normalized spacial score (nSPS) is 14.4. The molecule has 242 valence electrons. The largest absolute Gasteiger partial charge is 0.507 e. The summed E-state index contributed by atoms with van der Waals surface area (Å²) in [6.07, 6.45) is 5.96. The number of hydrogen-bond donors (Lipinski definition) is 3. The highest BCUT2D eigenvalue weighted by molar-refractivity contribution is 5.89. The first-order chi connectivity index (χ1) is 22.7. The van der Waals surface area contributed by atoms with E-state index in [4.69, 9.17) is 0 Å². The number of pyridine rings is 1. The van der Waals surface area contributed by atoms with E-state index in [0.29, 0.717) is 43.7 Å². The zero-order valence-corrected chi connectivity index (χ0v) is 26.8. The number of aromatic hydroxyl groups is 1. The number of carbonyl (C=O) groups is 2. The van der Waals surface area contributed by atoms with E-state index >= 15 is 0 Å². The summed E-state index contributed by atoms with van der Waals surface area (Å²) < 4.78 is 13.6. The van der Waals surface area contributed by atoms with Crippen LogP contribution in [0.25, 0.3) is 33.3 Å². The average Bonchev–Trinajstić information content (AvgIpc) is 3.50. The molecule has 1 fully saturated rings. The van der Waals surface area contributed by atoms with Gasteiger partial charge >= 0.3 is 0 Å². The molecule has 6 rings (SSSR count). The van der Waals surface area contributed by atoms with Crippen LogP contribution in [-0.2, 0) is 22.4 Å². The summed E-state index contributed by atoms with van der Waals surface area (Å²) in [5.41, 5.74) is 5.69. The number of hydrogen-bond acceptors (Lipinski definition) is 5. The van der Waals surface area contributed by atoms with Gasteiger partial charge in [0.2, 0.25) is 11.8 Å². The Bertz CT molecular complexity index is 1830. The molecule has 3 N–H and O–H groups in total. The number of aromatic amines is 1. The predicted molar refractivity (Wildman–Crippen MR) is 182 cm³/mol. The second kappa shape index (κ2) is 13.8. The van der Waals surface area contributed by atoms with E-state index in [2.05, 4.69) is 15.3 Å². The maximum atomic E-state index is 13.6. The van der Waals surface area contributed by atoms with Crippen molar-refractivity contribution in [2.24, 2.45) is 5.41 Å². The second-order valence-corrected chi connectivity index (χ2v) is 12.9. The van der Waals surface area contributed by atoms with Gasteiger partial charge in [-0.3, -0.25) is 14.6 Å². The van der Waals surface area contributed by atoms with Crippen molar-refractivity contribution in [1.29, 1.82) is 0 Å². The Morgan fingerprint density at radius 1 is 0.979 bits per heavy atom. The quantitative estimate of drug-likeness (QED) is 0.180. The Morgan fingerprint density at radius 2 is 1.68 bits per heavy atom. The Kier molecular flexibility index (Phi) is 9.36. The van der Waals surface area contributed by atoms with Gasteiger partial charge in [-0.25, -0.2) is 4.39 Å². The number of para-hydroxylation sites is 1. The number of amides is 2. The van der Waals surface area contributed by atoms with Gasteiger partial charge in [0, 0.05) is 42.3 Å². The van der Waals surface area contributed by atoms with Gasteiger partial charge in [0.25, 0.3) is 0 Å². The number of halogens is 1. The Balaban J connectivity index is 1.10. The van der Waals surface area contributed by atoms with E-state index in [9.17, 15) is 19.1 Å². The molecule has 0 aliphatic carbocycles. The van der Waals surface area contributed by atoms with Crippen LogP contribution < -0.4 is 5.32 Å². The van der Waals surface area contributed by atoms with Crippen molar-refractivity contribution in [1.82, 2.24) is 25.1 Å². The van der Waals surface area contributed by atoms with Crippen molar-refractivity contribution in [3.05, 3.63) is 108 Å². The molecular formula is C38H40FN5O3. The summed E-state index contributed by atoms with van der Waals surface area (Å²) >= 11 is 0. The summed E-state index contributed by atoms with van der Waals surface area (Å²) in [5, 5.41) is 15.3. The average molecular weight is 634 g/mol. The Hall–Kier alpha value is -5.02. The molecule has 0 radical (unpaired) electrons. The van der Waals surface area contributed by atoms with Gasteiger partial charge in [0.15, 0.2) is 0 Å². The molecule has 0 saturated carbocycles. The predicted octanol–water partition coefficient (Wildman–Crippen LogP) is 5.81. The molecule has 0 atom stereocenters. The van der Waals surface area contributed by atoms with Gasteiger partial charge in [-0.2, -0.15) is 0 Å². The minimum Gasteiger partial charge on any atom is -0.507 e. The number of piperidine rings is 1. The minimum atomic E-state index is -0.274. The third-order valence-electron chi connectivity index (χ3n) is 9.16. The lowest BCUT2D eigenvalue weighted by Crippen LogP contribution is -2.50. The number of nitrogens with one attached hydrogen (secondary N) is 2. The monoisotopic (exact) mass is 633 g/mol. The van der Waals surface area contributed by atoms with Crippen LogP contribution in [-0.4, -0.2) is 77.0 Å². The van der Waals surface area contributed by atoms with Crippen molar-refractivity contribution >= 4 is 22.7 Å². The summed E-state index contributed by atoms with van der Waals surface area (Å²) in [4.78, 5) is 37.1. The molecule has 2 aromatic heterocycles. The molecular weight excluding hydrogens is 593 g/mol. The van der Waals surface area contributed by atoms with E-state index in [-0.39, 0.29) is 35.2 Å². The van der Waals surface area contributed by atoms with Crippen LogP contribution in [0.2, 0.25) is 0 Å². The molecule has 5 aromatic rings. The zero-order chi connectivity index (χ0) is 33.0. The van der Waals surface area contributed by atoms with Crippen molar-refractivity contribution < 1.29 is 19.1 Å². The molecule has 3 aromatic carbocycles. The van der Waals surface area contributed by atoms with Gasteiger partial charge < -0.3 is 25.2 Å². The van der Waals surface area contributed by atoms with E-state index < -0.39 is 0 Å². The number of aromatic nitrogens is 2. The summed E-state index contributed by atoms with van der Waals surface area (Å²) in [7, 11) is 3.72. The van der Waals surface area contributed by atoms with Crippen molar-refractivity contribution in [2.45, 2.75) is 25.7 Å². The third-order valence-corrected chi connectivity index (χ3v) is 9.16. The van der Waals surface area contributed by atoms with Crippen LogP contribution in [0.5, 0.6) is 5.75 Å². The fraction of sp³-hybridized carbons (Fsp3) is 0.289. The molecule has 1 saturated heterocycles. The Morgan fingerprint density at radius 3 is 2.38 bits per heavy atom. The Labute approximate surface area is 274 Å². The van der Waals surface area contributed by atoms with Gasteiger partial charge in [0.1, 0.15) is 11.6 Å². The van der Waals surface area contributed by atoms with Crippen LogP contribution in [0, 0.1) is 11.2 Å². The SMILES string of the molecule is CN(C)CC(=O)NCC1(Cc2ccc(F)cc2)CCN(C(=O)Cc2ccc(-c3cccc(-c4cc5ccncc5[nH]4)c3O)cc2)CC1. The van der Waals surface area contributed by atoms with Crippen molar-refractivity contribution in [3.8, 4) is 28.1 Å². The van der Waals surface area contributed by atoms with E-state index in [1.807, 2.05) is 78.5 Å². The third kappa shape index (κ3) is 7.52.